The fourth-order valence-electron chi connectivity index (χ4n) is 2.59. The standard InChI is InChI=1S/C17H15FN2/c1-19-17(12-4-2-6-14(18)10-12)16-7-3-5-13-11-20-9-8-15(13)16/h2-11,17,19H,1H3. The number of halogens is 1. The van der Waals surface area contributed by atoms with Crippen LogP contribution in [0.25, 0.3) is 10.8 Å². The fraction of sp³-hybridized carbons (Fsp3) is 0.118. The molecule has 0 aliphatic carbocycles. The average Bonchev–Trinajstić information content (AvgIpc) is 2.48. The highest BCUT2D eigenvalue weighted by molar-refractivity contribution is 5.85. The van der Waals surface area contributed by atoms with Crippen LogP contribution < -0.4 is 5.32 Å². The Bertz CT molecular complexity index is 734. The van der Waals surface area contributed by atoms with Crippen molar-refractivity contribution in [1.82, 2.24) is 10.3 Å². The summed E-state index contributed by atoms with van der Waals surface area (Å²) in [4.78, 5) is 4.15. The number of nitrogens with one attached hydrogen (secondary N) is 1. The van der Waals surface area contributed by atoms with Gasteiger partial charge in [-0.25, -0.2) is 4.39 Å². The molecule has 1 unspecified atom stereocenters. The van der Waals surface area contributed by atoms with E-state index >= 15 is 0 Å². The first kappa shape index (κ1) is 12.8. The second-order valence-corrected chi connectivity index (χ2v) is 4.72. The number of aromatic nitrogens is 1. The van der Waals surface area contributed by atoms with Crippen molar-refractivity contribution in [2.75, 3.05) is 7.05 Å². The second kappa shape index (κ2) is 5.39. The molecule has 0 aliphatic rings. The molecular formula is C17H15FN2. The van der Waals surface area contributed by atoms with Crippen molar-refractivity contribution >= 4 is 10.8 Å². The van der Waals surface area contributed by atoms with Crippen molar-refractivity contribution < 1.29 is 4.39 Å². The Hall–Kier alpha value is -2.26. The fourth-order valence-corrected chi connectivity index (χ4v) is 2.59. The van der Waals surface area contributed by atoms with Crippen LogP contribution in [0.1, 0.15) is 17.2 Å². The van der Waals surface area contributed by atoms with E-state index in [1.54, 1.807) is 18.3 Å². The van der Waals surface area contributed by atoms with Crippen LogP contribution in [-0.4, -0.2) is 12.0 Å². The summed E-state index contributed by atoms with van der Waals surface area (Å²) in [6, 6.07) is 14.8. The molecule has 1 atom stereocenters. The van der Waals surface area contributed by atoms with Gasteiger partial charge in [0.1, 0.15) is 5.82 Å². The van der Waals surface area contributed by atoms with Crippen LogP contribution in [0.4, 0.5) is 4.39 Å². The molecule has 3 heteroatoms. The molecule has 100 valence electrons. The van der Waals surface area contributed by atoms with Crippen molar-refractivity contribution in [1.29, 1.82) is 0 Å². The molecule has 2 aromatic carbocycles. The van der Waals surface area contributed by atoms with Crippen LogP contribution >= 0.6 is 0 Å². The molecule has 1 heterocycles. The van der Waals surface area contributed by atoms with Crippen LogP contribution in [0, 0.1) is 5.82 Å². The number of pyridine rings is 1. The Balaban J connectivity index is 2.17. The van der Waals surface area contributed by atoms with E-state index in [-0.39, 0.29) is 11.9 Å². The SMILES string of the molecule is CNC(c1cccc(F)c1)c1cccc2cnccc12. The molecule has 3 rings (SSSR count). The van der Waals surface area contributed by atoms with Gasteiger partial charge in [0, 0.05) is 17.8 Å². The lowest BCUT2D eigenvalue weighted by Gasteiger charge is -2.19. The first-order valence-electron chi connectivity index (χ1n) is 6.55. The smallest absolute Gasteiger partial charge is 0.123 e. The Morgan fingerprint density at radius 2 is 1.95 bits per heavy atom. The molecule has 0 aliphatic heterocycles. The van der Waals surface area contributed by atoms with E-state index in [9.17, 15) is 4.39 Å². The van der Waals surface area contributed by atoms with Crippen LogP contribution in [0.5, 0.6) is 0 Å². The van der Waals surface area contributed by atoms with Gasteiger partial charge in [0.2, 0.25) is 0 Å². The summed E-state index contributed by atoms with van der Waals surface area (Å²) in [5.74, 6) is -0.218. The van der Waals surface area contributed by atoms with E-state index < -0.39 is 0 Å². The number of benzene rings is 2. The van der Waals surface area contributed by atoms with Crippen LogP contribution in [0.2, 0.25) is 0 Å². The number of rotatable bonds is 3. The highest BCUT2D eigenvalue weighted by Crippen LogP contribution is 2.28. The third-order valence-corrected chi connectivity index (χ3v) is 3.50. The van der Waals surface area contributed by atoms with Gasteiger partial charge in [-0.3, -0.25) is 4.98 Å². The van der Waals surface area contributed by atoms with E-state index in [1.165, 1.54) is 6.07 Å². The zero-order valence-corrected chi connectivity index (χ0v) is 11.2. The van der Waals surface area contributed by atoms with Gasteiger partial charge in [0.15, 0.2) is 0 Å². The molecule has 0 amide bonds. The summed E-state index contributed by atoms with van der Waals surface area (Å²) in [6.07, 6.45) is 3.63. The number of hydrogen-bond donors (Lipinski definition) is 1. The molecule has 20 heavy (non-hydrogen) atoms. The van der Waals surface area contributed by atoms with Crippen molar-refractivity contribution in [3.63, 3.8) is 0 Å². The maximum Gasteiger partial charge on any atom is 0.123 e. The molecule has 2 nitrogen and oxygen atoms in total. The summed E-state index contributed by atoms with van der Waals surface area (Å²) in [7, 11) is 1.88. The monoisotopic (exact) mass is 266 g/mol. The largest absolute Gasteiger partial charge is 0.309 e. The first-order valence-corrected chi connectivity index (χ1v) is 6.55. The summed E-state index contributed by atoms with van der Waals surface area (Å²) in [5, 5.41) is 5.48. The van der Waals surface area contributed by atoms with Crippen LogP contribution in [0.15, 0.2) is 60.9 Å². The molecule has 0 spiro atoms. The molecular weight excluding hydrogens is 251 g/mol. The Labute approximate surface area is 117 Å². The predicted octanol–water partition coefficient (Wildman–Crippen LogP) is 3.68. The van der Waals surface area contributed by atoms with E-state index in [0.717, 1.165) is 21.9 Å². The third-order valence-electron chi connectivity index (χ3n) is 3.50. The minimum Gasteiger partial charge on any atom is -0.309 e. The topological polar surface area (TPSA) is 24.9 Å². The van der Waals surface area contributed by atoms with Gasteiger partial charge in [0.05, 0.1) is 6.04 Å². The maximum atomic E-state index is 13.5. The summed E-state index contributed by atoms with van der Waals surface area (Å²) in [5.41, 5.74) is 2.04. The Morgan fingerprint density at radius 3 is 2.75 bits per heavy atom. The third kappa shape index (κ3) is 2.28. The van der Waals surface area contributed by atoms with Gasteiger partial charge >= 0.3 is 0 Å². The van der Waals surface area contributed by atoms with Crippen molar-refractivity contribution in [2.24, 2.45) is 0 Å². The van der Waals surface area contributed by atoms with E-state index in [0.29, 0.717) is 0 Å². The first-order chi connectivity index (χ1) is 9.79. The lowest BCUT2D eigenvalue weighted by atomic mass is 9.94. The second-order valence-electron chi connectivity index (χ2n) is 4.72. The minimum absolute atomic E-state index is 0.0446. The van der Waals surface area contributed by atoms with Gasteiger partial charge in [-0.05, 0) is 41.8 Å². The number of hydrogen-bond acceptors (Lipinski definition) is 2. The summed E-state index contributed by atoms with van der Waals surface area (Å²) in [6.45, 7) is 0. The minimum atomic E-state index is -0.218. The van der Waals surface area contributed by atoms with Gasteiger partial charge in [-0.15, -0.1) is 0 Å². The summed E-state index contributed by atoms with van der Waals surface area (Å²) < 4.78 is 13.5. The zero-order valence-electron chi connectivity index (χ0n) is 11.2. The maximum absolute atomic E-state index is 13.5. The van der Waals surface area contributed by atoms with Gasteiger partial charge in [-0.2, -0.15) is 0 Å². The normalized spacial score (nSPS) is 12.5. The Kier molecular flexibility index (Phi) is 3.44. The highest BCUT2D eigenvalue weighted by atomic mass is 19.1. The number of nitrogens with zero attached hydrogens (tertiary/aromatic N) is 1. The zero-order chi connectivity index (χ0) is 13.9. The van der Waals surface area contributed by atoms with E-state index in [4.69, 9.17) is 0 Å². The molecule has 0 saturated carbocycles. The quantitative estimate of drug-likeness (QED) is 0.782. The lowest BCUT2D eigenvalue weighted by Crippen LogP contribution is -2.18. The molecule has 1 N–H and O–H groups in total. The van der Waals surface area contributed by atoms with Gasteiger partial charge < -0.3 is 5.32 Å². The molecule has 0 bridgehead atoms. The van der Waals surface area contributed by atoms with E-state index in [1.807, 2.05) is 37.5 Å². The van der Waals surface area contributed by atoms with Gasteiger partial charge in [-0.1, -0.05) is 30.3 Å². The van der Waals surface area contributed by atoms with Gasteiger partial charge in [0.25, 0.3) is 0 Å². The average molecular weight is 266 g/mol. The summed E-state index contributed by atoms with van der Waals surface area (Å²) >= 11 is 0. The van der Waals surface area contributed by atoms with E-state index in [2.05, 4.69) is 16.4 Å². The number of fused-ring (bicyclic) bond motifs is 1. The lowest BCUT2D eigenvalue weighted by molar-refractivity contribution is 0.617. The molecule has 3 aromatic rings. The van der Waals surface area contributed by atoms with Crippen molar-refractivity contribution in [3.05, 3.63) is 77.9 Å². The van der Waals surface area contributed by atoms with Crippen molar-refractivity contribution in [2.45, 2.75) is 6.04 Å². The van der Waals surface area contributed by atoms with Crippen LogP contribution in [-0.2, 0) is 0 Å². The molecule has 1 aromatic heterocycles. The Morgan fingerprint density at radius 1 is 1.10 bits per heavy atom. The van der Waals surface area contributed by atoms with Crippen molar-refractivity contribution in [3.8, 4) is 0 Å². The molecule has 0 saturated heterocycles. The molecule has 0 fully saturated rings. The van der Waals surface area contributed by atoms with Crippen LogP contribution in [0.3, 0.4) is 0 Å². The predicted molar refractivity (Wildman–Crippen MR) is 79.0 cm³/mol. The highest BCUT2D eigenvalue weighted by Gasteiger charge is 2.15. The molecule has 0 radical (unpaired) electrons.